The Morgan fingerprint density at radius 2 is 1.19 bits per heavy atom. The molecule has 0 heterocycles. The van der Waals surface area contributed by atoms with E-state index in [-0.39, 0.29) is 11.8 Å². The number of aliphatic hydroxyl groups is 3. The number of aliphatic hydroxyl groups excluding tert-OH is 1. The molecule has 26 heavy (non-hydrogen) atoms. The molecule has 0 spiro atoms. The molecule has 3 atom stereocenters. The Kier molecular flexibility index (Phi) is 13.3. The van der Waals surface area contributed by atoms with Crippen molar-refractivity contribution >= 4 is 0 Å². The Morgan fingerprint density at radius 1 is 0.808 bits per heavy atom. The van der Waals surface area contributed by atoms with Gasteiger partial charge < -0.3 is 15.3 Å². The average molecular weight is 376 g/mol. The summed E-state index contributed by atoms with van der Waals surface area (Å²) in [6.07, 6.45) is 9.13. The van der Waals surface area contributed by atoms with Gasteiger partial charge in [-0.3, -0.25) is 0 Å². The van der Waals surface area contributed by atoms with Gasteiger partial charge in [0.2, 0.25) is 5.60 Å². The summed E-state index contributed by atoms with van der Waals surface area (Å²) < 4.78 is 35.9. The van der Waals surface area contributed by atoms with Crippen molar-refractivity contribution in [1.29, 1.82) is 0 Å². The second-order valence-corrected chi connectivity index (χ2v) is 6.87. The van der Waals surface area contributed by atoms with Crippen LogP contribution in [0.2, 0.25) is 0 Å². The second kappa shape index (κ2) is 11.9. The van der Waals surface area contributed by atoms with E-state index in [0.717, 1.165) is 0 Å². The third-order valence-electron chi connectivity index (χ3n) is 3.71. The first-order chi connectivity index (χ1) is 11.4. The Morgan fingerprint density at radius 3 is 1.19 bits per heavy atom. The van der Waals surface area contributed by atoms with E-state index in [2.05, 4.69) is 18.3 Å². The third-order valence-corrected chi connectivity index (χ3v) is 3.71. The van der Waals surface area contributed by atoms with Crippen molar-refractivity contribution in [2.45, 2.75) is 71.9 Å². The lowest BCUT2D eigenvalue weighted by molar-refractivity contribution is -0.249. The summed E-state index contributed by atoms with van der Waals surface area (Å²) in [5.41, 5.74) is -3.92. The molecule has 0 fully saturated rings. The normalized spacial score (nSPS) is 16.5. The van der Waals surface area contributed by atoms with Gasteiger partial charge in [0.15, 0.2) is 0 Å². The van der Waals surface area contributed by atoms with Crippen molar-refractivity contribution in [3.8, 4) is 37.0 Å². The molecule has 0 saturated carbocycles. The molecule has 3 unspecified atom stereocenters. The van der Waals surface area contributed by atoms with Gasteiger partial charge >= 0.3 is 6.18 Å². The zero-order chi connectivity index (χ0) is 21.9. The van der Waals surface area contributed by atoms with Gasteiger partial charge in [-0.05, 0) is 18.8 Å². The quantitative estimate of drug-likeness (QED) is 0.663. The number of rotatable bonds is 3. The molecule has 150 valence electrons. The first kappa shape index (κ1) is 29.1. The fourth-order valence-electron chi connectivity index (χ4n) is 0.935. The highest BCUT2D eigenvalue weighted by molar-refractivity contribution is 5.13. The largest absolute Gasteiger partial charge is 0.428 e. The van der Waals surface area contributed by atoms with Crippen LogP contribution in [0.4, 0.5) is 13.2 Å². The third kappa shape index (κ3) is 10.4. The van der Waals surface area contributed by atoms with Crippen molar-refractivity contribution in [3.05, 3.63) is 0 Å². The summed E-state index contributed by atoms with van der Waals surface area (Å²) in [6, 6.07) is 0. The molecule has 0 bridgehead atoms. The number of alkyl halides is 3. The van der Waals surface area contributed by atoms with Gasteiger partial charge in [0, 0.05) is 5.92 Å². The highest BCUT2D eigenvalue weighted by Gasteiger charge is 2.54. The fourth-order valence-corrected chi connectivity index (χ4v) is 0.935. The van der Waals surface area contributed by atoms with E-state index >= 15 is 0 Å². The lowest BCUT2D eigenvalue weighted by atomic mass is 9.91. The molecular weight excluding hydrogens is 345 g/mol. The van der Waals surface area contributed by atoms with E-state index in [4.69, 9.17) is 28.2 Å². The molecule has 0 aliphatic rings. The zero-order valence-electron chi connectivity index (χ0n) is 16.5. The van der Waals surface area contributed by atoms with Crippen LogP contribution in [0.1, 0.15) is 48.5 Å². The average Bonchev–Trinajstić information content (AvgIpc) is 2.52. The maximum absolute atomic E-state index is 12.0. The van der Waals surface area contributed by atoms with E-state index in [1.54, 1.807) is 6.92 Å². The molecule has 3 N–H and O–H groups in total. The molecule has 0 aliphatic heterocycles. The van der Waals surface area contributed by atoms with E-state index in [9.17, 15) is 13.2 Å². The van der Waals surface area contributed by atoms with Crippen LogP contribution in [0.15, 0.2) is 0 Å². The number of hydrogen-bond acceptors (Lipinski definition) is 3. The van der Waals surface area contributed by atoms with Crippen LogP contribution in [-0.4, -0.2) is 38.8 Å². The van der Waals surface area contributed by atoms with Crippen molar-refractivity contribution in [2.75, 3.05) is 0 Å². The molecule has 0 amide bonds. The standard InChI is InChI=1S/C7H9F3O.C7H12O.C6H10O/c1-4-6(11,5(2)3)7(8,9)10;1-5-7(4,8)6(2)3;1-4-6(7)5(2)3/h1,5,11H,2-3H3;1,6,8H,2-4H3;1,5-7H,2-3H3. The first-order valence-corrected chi connectivity index (χ1v) is 8.05. The molecular formula is C20H31F3O3. The number of halogens is 3. The van der Waals surface area contributed by atoms with Crippen molar-refractivity contribution in [2.24, 2.45) is 17.8 Å². The van der Waals surface area contributed by atoms with E-state index in [1.807, 2.05) is 27.7 Å². The highest BCUT2D eigenvalue weighted by atomic mass is 19.4. The van der Waals surface area contributed by atoms with Crippen molar-refractivity contribution in [3.63, 3.8) is 0 Å². The van der Waals surface area contributed by atoms with Gasteiger partial charge in [0.05, 0.1) is 0 Å². The molecule has 0 aromatic heterocycles. The van der Waals surface area contributed by atoms with Crippen molar-refractivity contribution in [1.82, 2.24) is 0 Å². The molecule has 0 radical (unpaired) electrons. The highest BCUT2D eigenvalue weighted by Crippen LogP contribution is 2.35. The zero-order valence-corrected chi connectivity index (χ0v) is 16.5. The smallest absolute Gasteiger partial charge is 0.380 e. The van der Waals surface area contributed by atoms with Crippen molar-refractivity contribution < 1.29 is 28.5 Å². The predicted molar refractivity (Wildman–Crippen MR) is 98.6 cm³/mol. The first-order valence-electron chi connectivity index (χ1n) is 8.05. The van der Waals surface area contributed by atoms with Gasteiger partial charge in [-0.15, -0.1) is 19.3 Å². The minimum atomic E-state index is -4.75. The van der Waals surface area contributed by atoms with Crippen LogP contribution in [0.3, 0.4) is 0 Å². The van der Waals surface area contributed by atoms with E-state index < -0.39 is 29.4 Å². The van der Waals surface area contributed by atoms with E-state index in [0.29, 0.717) is 0 Å². The van der Waals surface area contributed by atoms with Crippen LogP contribution < -0.4 is 0 Å². The van der Waals surface area contributed by atoms with E-state index in [1.165, 1.54) is 19.8 Å². The molecule has 0 aliphatic carbocycles. The Hall–Kier alpha value is -1.65. The van der Waals surface area contributed by atoms with Gasteiger partial charge in [-0.25, -0.2) is 0 Å². The second-order valence-electron chi connectivity index (χ2n) is 6.87. The monoisotopic (exact) mass is 376 g/mol. The SMILES string of the molecule is C#CC(C)(O)C(C)C.C#CC(O)(C(C)C)C(F)(F)F.C#CC(O)C(C)C. The number of terminal acetylenes is 3. The van der Waals surface area contributed by atoms with Crippen LogP contribution in [0, 0.1) is 54.8 Å². The summed E-state index contributed by atoms with van der Waals surface area (Å²) >= 11 is 0. The van der Waals surface area contributed by atoms with Crippen LogP contribution in [0.5, 0.6) is 0 Å². The summed E-state index contributed by atoms with van der Waals surface area (Å²) in [4.78, 5) is 0. The Balaban J connectivity index is -0.000000315. The number of hydrogen-bond donors (Lipinski definition) is 3. The lowest BCUT2D eigenvalue weighted by Gasteiger charge is -2.28. The fraction of sp³-hybridized carbons (Fsp3) is 0.700. The molecule has 0 saturated heterocycles. The van der Waals surface area contributed by atoms with Crippen LogP contribution >= 0.6 is 0 Å². The van der Waals surface area contributed by atoms with Gasteiger partial charge in [-0.1, -0.05) is 59.3 Å². The summed E-state index contributed by atoms with van der Waals surface area (Å²) in [5, 5.41) is 26.7. The minimum Gasteiger partial charge on any atom is -0.380 e. The topological polar surface area (TPSA) is 60.7 Å². The summed E-state index contributed by atoms with van der Waals surface area (Å²) in [5.74, 6) is 5.15. The molecule has 0 aromatic rings. The van der Waals surface area contributed by atoms with Gasteiger partial charge in [0.1, 0.15) is 11.7 Å². The molecule has 6 heteroatoms. The summed E-state index contributed by atoms with van der Waals surface area (Å²) in [7, 11) is 0. The molecule has 0 rings (SSSR count). The van der Waals surface area contributed by atoms with Gasteiger partial charge in [0.25, 0.3) is 0 Å². The Labute approximate surface area is 156 Å². The maximum Gasteiger partial charge on any atom is 0.428 e. The maximum atomic E-state index is 12.0. The molecule has 3 nitrogen and oxygen atoms in total. The predicted octanol–water partition coefficient (Wildman–Crippen LogP) is 3.23. The van der Waals surface area contributed by atoms with Gasteiger partial charge in [-0.2, -0.15) is 13.2 Å². The Bertz CT molecular complexity index is 514. The minimum absolute atomic E-state index is 0.132. The van der Waals surface area contributed by atoms with Crippen LogP contribution in [-0.2, 0) is 0 Å². The summed E-state index contributed by atoms with van der Waals surface area (Å²) in [6.45, 7) is 11.6. The molecule has 0 aromatic carbocycles. The lowest BCUT2D eigenvalue weighted by Crippen LogP contribution is -2.48. The van der Waals surface area contributed by atoms with Crippen LogP contribution in [0.25, 0.3) is 0 Å².